The summed E-state index contributed by atoms with van der Waals surface area (Å²) in [5.41, 5.74) is 5.85. The van der Waals surface area contributed by atoms with Crippen LogP contribution in [-0.4, -0.2) is 23.4 Å². The van der Waals surface area contributed by atoms with Crippen LogP contribution in [-0.2, 0) is 11.3 Å². The molecule has 2 N–H and O–H groups in total. The molecule has 0 saturated carbocycles. The highest BCUT2D eigenvalue weighted by atomic mass is 35.5. The second-order valence-corrected chi connectivity index (χ2v) is 5.75. The molecule has 1 atom stereocenters. The number of amides is 1. The molecule has 1 unspecified atom stereocenters. The number of rotatable bonds is 6. The zero-order valence-corrected chi connectivity index (χ0v) is 13.1. The van der Waals surface area contributed by atoms with Crippen molar-refractivity contribution < 1.29 is 4.79 Å². The van der Waals surface area contributed by atoms with Crippen molar-refractivity contribution in [2.24, 2.45) is 5.73 Å². The molecule has 1 aromatic heterocycles. The van der Waals surface area contributed by atoms with Crippen molar-refractivity contribution in [2.75, 3.05) is 6.54 Å². The number of nitrogens with two attached hydrogens (primary N) is 1. The van der Waals surface area contributed by atoms with Gasteiger partial charge >= 0.3 is 0 Å². The smallest absolute Gasteiger partial charge is 0.239 e. The van der Waals surface area contributed by atoms with Crippen LogP contribution in [0.1, 0.15) is 31.6 Å². The molecule has 0 spiro atoms. The van der Waals surface area contributed by atoms with Gasteiger partial charge in [0.1, 0.15) is 0 Å². The Morgan fingerprint density at radius 2 is 2.17 bits per heavy atom. The third-order valence-corrected chi connectivity index (χ3v) is 3.80. The Balaban J connectivity index is 0.00000289. The molecule has 0 aliphatic carbocycles. The molecule has 18 heavy (non-hydrogen) atoms. The first-order valence-electron chi connectivity index (χ1n) is 5.87. The molecule has 0 bridgehead atoms. The van der Waals surface area contributed by atoms with Crippen molar-refractivity contribution in [3.63, 3.8) is 0 Å². The van der Waals surface area contributed by atoms with Crippen molar-refractivity contribution >= 4 is 41.3 Å². The van der Waals surface area contributed by atoms with Crippen molar-refractivity contribution in [1.29, 1.82) is 0 Å². The molecule has 1 heterocycles. The highest BCUT2D eigenvalue weighted by molar-refractivity contribution is 7.16. The minimum atomic E-state index is -0.379. The van der Waals surface area contributed by atoms with Gasteiger partial charge in [-0.3, -0.25) is 4.79 Å². The fourth-order valence-corrected chi connectivity index (χ4v) is 2.74. The van der Waals surface area contributed by atoms with Crippen LogP contribution in [0.5, 0.6) is 0 Å². The normalized spacial score (nSPS) is 11.8. The Bertz CT molecular complexity index is 371. The van der Waals surface area contributed by atoms with Crippen LogP contribution in [0.25, 0.3) is 0 Å². The summed E-state index contributed by atoms with van der Waals surface area (Å²) in [6, 6.07) is 3.43. The van der Waals surface area contributed by atoms with Crippen LogP contribution in [0.15, 0.2) is 12.1 Å². The van der Waals surface area contributed by atoms with E-state index in [4.69, 9.17) is 17.3 Å². The van der Waals surface area contributed by atoms with E-state index in [2.05, 4.69) is 0 Å². The van der Waals surface area contributed by atoms with E-state index in [1.165, 1.54) is 11.3 Å². The molecular weight excluding hydrogens is 291 g/mol. The average Bonchev–Trinajstić information content (AvgIpc) is 2.71. The van der Waals surface area contributed by atoms with Gasteiger partial charge in [-0.25, -0.2) is 0 Å². The van der Waals surface area contributed by atoms with E-state index in [1.807, 2.05) is 26.0 Å². The summed E-state index contributed by atoms with van der Waals surface area (Å²) in [7, 11) is 0. The molecule has 6 heteroatoms. The number of likely N-dealkylation sites (N-methyl/N-ethyl adjacent to an activating group) is 1. The number of halogens is 2. The lowest BCUT2D eigenvalue weighted by atomic mass is 10.1. The molecule has 3 nitrogen and oxygen atoms in total. The Morgan fingerprint density at radius 3 is 2.61 bits per heavy atom. The first kappa shape index (κ1) is 17.7. The second-order valence-electron chi connectivity index (χ2n) is 3.95. The molecule has 0 aromatic carbocycles. The summed E-state index contributed by atoms with van der Waals surface area (Å²) >= 11 is 7.37. The van der Waals surface area contributed by atoms with Crippen LogP contribution in [0.2, 0.25) is 4.34 Å². The summed E-state index contributed by atoms with van der Waals surface area (Å²) in [6.07, 6.45) is 1.66. The molecule has 1 amide bonds. The van der Waals surface area contributed by atoms with Gasteiger partial charge in [-0.05, 0) is 25.5 Å². The quantitative estimate of drug-likeness (QED) is 0.876. The van der Waals surface area contributed by atoms with Gasteiger partial charge in [0, 0.05) is 11.4 Å². The highest BCUT2D eigenvalue weighted by Gasteiger charge is 2.19. The first-order valence-corrected chi connectivity index (χ1v) is 7.06. The van der Waals surface area contributed by atoms with E-state index in [0.717, 1.165) is 22.1 Å². The van der Waals surface area contributed by atoms with Gasteiger partial charge < -0.3 is 10.6 Å². The SMILES string of the molecule is CCCC(N)C(=O)N(CC)Cc1ccc(Cl)s1.Cl. The number of carbonyl (C=O) groups excluding carboxylic acids is 1. The molecule has 1 rings (SSSR count). The zero-order valence-electron chi connectivity index (χ0n) is 10.7. The maximum Gasteiger partial charge on any atom is 0.239 e. The van der Waals surface area contributed by atoms with Crippen LogP contribution >= 0.6 is 35.3 Å². The molecule has 104 valence electrons. The standard InChI is InChI=1S/C12H19ClN2OS.ClH/c1-3-5-10(14)12(16)15(4-2)8-9-6-7-11(13)17-9;/h6-7,10H,3-5,8,14H2,1-2H3;1H. The van der Waals surface area contributed by atoms with Crippen molar-refractivity contribution in [1.82, 2.24) is 4.90 Å². The van der Waals surface area contributed by atoms with Crippen LogP contribution in [0.4, 0.5) is 0 Å². The Hall–Kier alpha value is -0.290. The summed E-state index contributed by atoms with van der Waals surface area (Å²) < 4.78 is 0.751. The molecule has 0 fully saturated rings. The molecule has 1 aromatic rings. The van der Waals surface area contributed by atoms with Gasteiger partial charge in [-0.15, -0.1) is 23.7 Å². The van der Waals surface area contributed by atoms with Crippen LogP contribution in [0, 0.1) is 0 Å². The average molecular weight is 311 g/mol. The number of carbonyl (C=O) groups is 1. The van der Waals surface area contributed by atoms with Crippen molar-refractivity contribution in [2.45, 2.75) is 39.3 Å². The summed E-state index contributed by atoms with van der Waals surface area (Å²) in [4.78, 5) is 14.9. The third-order valence-electron chi connectivity index (χ3n) is 2.59. The Kier molecular flexibility index (Phi) is 8.61. The van der Waals surface area contributed by atoms with Gasteiger partial charge in [0.05, 0.1) is 16.9 Å². The number of hydrogen-bond donors (Lipinski definition) is 1. The summed E-state index contributed by atoms with van der Waals surface area (Å²) in [5.74, 6) is 0.0267. The predicted molar refractivity (Wildman–Crippen MR) is 80.6 cm³/mol. The Labute approximate surface area is 124 Å². The summed E-state index contributed by atoms with van der Waals surface area (Å²) in [6.45, 7) is 5.27. The fourth-order valence-electron chi connectivity index (χ4n) is 1.64. The van der Waals surface area contributed by atoms with Gasteiger partial charge in [0.25, 0.3) is 0 Å². The molecular formula is C12H20Cl2N2OS. The Morgan fingerprint density at radius 1 is 1.50 bits per heavy atom. The summed E-state index contributed by atoms with van der Waals surface area (Å²) in [5, 5.41) is 0. The predicted octanol–water partition coefficient (Wildman–Crippen LogP) is 3.30. The highest BCUT2D eigenvalue weighted by Crippen LogP contribution is 2.22. The maximum absolute atomic E-state index is 12.0. The zero-order chi connectivity index (χ0) is 12.8. The monoisotopic (exact) mass is 310 g/mol. The van der Waals surface area contributed by atoms with Gasteiger partial charge in [-0.2, -0.15) is 0 Å². The molecule has 0 aliphatic heterocycles. The molecule has 0 aliphatic rings. The van der Waals surface area contributed by atoms with E-state index in [-0.39, 0.29) is 24.4 Å². The van der Waals surface area contributed by atoms with Crippen LogP contribution < -0.4 is 5.73 Å². The topological polar surface area (TPSA) is 46.3 Å². The van der Waals surface area contributed by atoms with E-state index in [1.54, 1.807) is 4.90 Å². The minimum Gasteiger partial charge on any atom is -0.336 e. The van der Waals surface area contributed by atoms with E-state index >= 15 is 0 Å². The first-order chi connectivity index (χ1) is 8.08. The number of hydrogen-bond acceptors (Lipinski definition) is 3. The molecule has 0 saturated heterocycles. The minimum absolute atomic E-state index is 0. The lowest BCUT2D eigenvalue weighted by Gasteiger charge is -2.23. The van der Waals surface area contributed by atoms with Gasteiger partial charge in [0.15, 0.2) is 0 Å². The van der Waals surface area contributed by atoms with E-state index < -0.39 is 0 Å². The number of nitrogens with zero attached hydrogens (tertiary/aromatic N) is 1. The maximum atomic E-state index is 12.0. The second kappa shape index (κ2) is 8.75. The lowest BCUT2D eigenvalue weighted by molar-refractivity contribution is -0.133. The van der Waals surface area contributed by atoms with Crippen molar-refractivity contribution in [3.8, 4) is 0 Å². The number of thiophene rings is 1. The van der Waals surface area contributed by atoms with Crippen molar-refractivity contribution in [3.05, 3.63) is 21.3 Å². The van der Waals surface area contributed by atoms with Gasteiger partial charge in [0.2, 0.25) is 5.91 Å². The third kappa shape index (κ3) is 5.14. The molecule has 0 radical (unpaired) electrons. The van der Waals surface area contributed by atoms with E-state index in [9.17, 15) is 4.79 Å². The van der Waals surface area contributed by atoms with E-state index in [0.29, 0.717) is 13.1 Å². The van der Waals surface area contributed by atoms with Crippen LogP contribution in [0.3, 0.4) is 0 Å². The largest absolute Gasteiger partial charge is 0.336 e. The van der Waals surface area contributed by atoms with Gasteiger partial charge in [-0.1, -0.05) is 24.9 Å². The lowest BCUT2D eigenvalue weighted by Crippen LogP contribution is -2.43. The fraction of sp³-hybridized carbons (Fsp3) is 0.583.